The van der Waals surface area contributed by atoms with Crippen molar-refractivity contribution in [2.24, 2.45) is 7.05 Å². The molecule has 0 N–H and O–H groups in total. The van der Waals surface area contributed by atoms with Gasteiger partial charge in [0.15, 0.2) is 5.75 Å². The van der Waals surface area contributed by atoms with Crippen LogP contribution in [0.15, 0.2) is 59.9 Å². The summed E-state index contributed by atoms with van der Waals surface area (Å²) in [5, 5.41) is 1.05. The molecule has 0 saturated heterocycles. The molecule has 0 unspecified atom stereocenters. The van der Waals surface area contributed by atoms with Crippen molar-refractivity contribution in [2.45, 2.75) is 13.0 Å². The molecule has 1 aromatic heterocycles. The van der Waals surface area contributed by atoms with E-state index in [1.54, 1.807) is 11.6 Å². The van der Waals surface area contributed by atoms with E-state index in [9.17, 15) is 4.79 Å². The monoisotopic (exact) mass is 303 g/mol. The van der Waals surface area contributed by atoms with Crippen molar-refractivity contribution in [1.82, 2.24) is 4.57 Å². The van der Waals surface area contributed by atoms with Crippen molar-refractivity contribution in [3.05, 3.63) is 82.2 Å². The lowest BCUT2D eigenvalue weighted by Crippen LogP contribution is -2.23. The fourth-order valence-corrected chi connectivity index (χ4v) is 3.31. The second-order valence-corrected chi connectivity index (χ2v) is 5.92. The topological polar surface area (TPSA) is 31.2 Å². The standard InChI is InChI=1S/C20H17NO2/c1-13-11-17-16-9-5-6-10-18(16)21(2)20(22)19(17)23-12-14-7-3-4-8-15(13)14/h3-10H,1,11-12H2,2H3. The molecule has 4 rings (SSSR count). The van der Waals surface area contributed by atoms with E-state index in [-0.39, 0.29) is 5.56 Å². The Kier molecular flexibility index (Phi) is 3.08. The van der Waals surface area contributed by atoms with Crippen LogP contribution in [0.2, 0.25) is 0 Å². The third kappa shape index (κ3) is 2.08. The maximum atomic E-state index is 12.7. The van der Waals surface area contributed by atoms with E-state index in [2.05, 4.69) is 12.6 Å². The lowest BCUT2D eigenvalue weighted by atomic mass is 9.92. The minimum Gasteiger partial charge on any atom is -0.483 e. The van der Waals surface area contributed by atoms with E-state index in [0.717, 1.165) is 33.2 Å². The van der Waals surface area contributed by atoms with E-state index in [0.29, 0.717) is 18.8 Å². The number of allylic oxidation sites excluding steroid dienone is 1. The normalized spacial score (nSPS) is 13.7. The second kappa shape index (κ2) is 5.13. The highest BCUT2D eigenvalue weighted by molar-refractivity contribution is 5.87. The Hall–Kier alpha value is -2.81. The number of benzene rings is 2. The van der Waals surface area contributed by atoms with E-state index in [1.165, 1.54) is 0 Å². The molecule has 0 spiro atoms. The van der Waals surface area contributed by atoms with Crippen molar-refractivity contribution in [3.8, 4) is 5.75 Å². The molecule has 0 fully saturated rings. The molecule has 114 valence electrons. The van der Waals surface area contributed by atoms with Crippen LogP contribution >= 0.6 is 0 Å². The van der Waals surface area contributed by atoms with Gasteiger partial charge >= 0.3 is 0 Å². The zero-order chi connectivity index (χ0) is 16.0. The van der Waals surface area contributed by atoms with Crippen LogP contribution in [0, 0.1) is 0 Å². The van der Waals surface area contributed by atoms with Crippen LogP contribution in [0.5, 0.6) is 5.75 Å². The van der Waals surface area contributed by atoms with Crippen LogP contribution in [-0.4, -0.2) is 4.57 Å². The fourth-order valence-electron chi connectivity index (χ4n) is 3.31. The summed E-state index contributed by atoms with van der Waals surface area (Å²) in [6, 6.07) is 16.0. The molecule has 0 amide bonds. The fraction of sp³-hybridized carbons (Fsp3) is 0.150. The number of hydrogen-bond acceptors (Lipinski definition) is 2. The maximum Gasteiger partial charge on any atom is 0.293 e. The molecule has 2 aromatic carbocycles. The van der Waals surface area contributed by atoms with Crippen LogP contribution in [0.25, 0.3) is 16.5 Å². The summed E-state index contributed by atoms with van der Waals surface area (Å²) < 4.78 is 7.61. The van der Waals surface area contributed by atoms with Crippen LogP contribution in [-0.2, 0) is 20.1 Å². The summed E-state index contributed by atoms with van der Waals surface area (Å²) in [7, 11) is 1.79. The Labute approximate surface area is 134 Å². The molecule has 2 heterocycles. The molecule has 0 aliphatic carbocycles. The summed E-state index contributed by atoms with van der Waals surface area (Å²) in [5.41, 5.74) is 4.96. The molecule has 1 aliphatic heterocycles. The van der Waals surface area contributed by atoms with Gasteiger partial charge in [-0.05, 0) is 22.8 Å². The number of aromatic nitrogens is 1. The van der Waals surface area contributed by atoms with E-state index in [4.69, 9.17) is 4.74 Å². The molecule has 3 heteroatoms. The number of para-hydroxylation sites is 1. The largest absolute Gasteiger partial charge is 0.483 e. The molecular formula is C20H17NO2. The zero-order valence-corrected chi connectivity index (χ0v) is 13.0. The molecule has 0 radical (unpaired) electrons. The average Bonchev–Trinajstić information content (AvgIpc) is 2.57. The highest BCUT2D eigenvalue weighted by Crippen LogP contribution is 2.33. The number of rotatable bonds is 0. The van der Waals surface area contributed by atoms with Gasteiger partial charge in [-0.15, -0.1) is 0 Å². The second-order valence-electron chi connectivity index (χ2n) is 5.92. The molecule has 23 heavy (non-hydrogen) atoms. The zero-order valence-electron chi connectivity index (χ0n) is 13.0. The number of aryl methyl sites for hydroxylation is 1. The minimum absolute atomic E-state index is 0.0918. The van der Waals surface area contributed by atoms with Crippen LogP contribution in [0.4, 0.5) is 0 Å². The minimum atomic E-state index is -0.0918. The predicted molar refractivity (Wildman–Crippen MR) is 92.7 cm³/mol. The smallest absolute Gasteiger partial charge is 0.293 e. The lowest BCUT2D eigenvalue weighted by molar-refractivity contribution is 0.296. The number of hydrogen-bond donors (Lipinski definition) is 0. The number of ether oxygens (including phenoxy) is 1. The molecular weight excluding hydrogens is 286 g/mol. The summed E-state index contributed by atoms with van der Waals surface area (Å²) in [6.07, 6.45) is 0.614. The first-order valence-electron chi connectivity index (χ1n) is 7.66. The van der Waals surface area contributed by atoms with E-state index >= 15 is 0 Å². The van der Waals surface area contributed by atoms with Gasteiger partial charge in [-0.25, -0.2) is 0 Å². The maximum absolute atomic E-state index is 12.7. The van der Waals surface area contributed by atoms with Gasteiger partial charge in [0.2, 0.25) is 0 Å². The van der Waals surface area contributed by atoms with Crippen molar-refractivity contribution in [2.75, 3.05) is 0 Å². The molecule has 0 atom stereocenters. The van der Waals surface area contributed by atoms with Crippen molar-refractivity contribution >= 4 is 16.5 Å². The summed E-state index contributed by atoms with van der Waals surface area (Å²) >= 11 is 0. The summed E-state index contributed by atoms with van der Waals surface area (Å²) in [6.45, 7) is 4.64. The summed E-state index contributed by atoms with van der Waals surface area (Å²) in [4.78, 5) is 12.7. The van der Waals surface area contributed by atoms with Crippen molar-refractivity contribution in [1.29, 1.82) is 0 Å². The van der Waals surface area contributed by atoms with E-state index < -0.39 is 0 Å². The van der Waals surface area contributed by atoms with Gasteiger partial charge in [-0.3, -0.25) is 4.79 Å². The molecule has 1 aliphatic rings. The Morgan fingerprint density at radius 3 is 2.70 bits per heavy atom. The van der Waals surface area contributed by atoms with Crippen molar-refractivity contribution in [3.63, 3.8) is 0 Å². The van der Waals surface area contributed by atoms with Gasteiger partial charge < -0.3 is 9.30 Å². The first-order valence-corrected chi connectivity index (χ1v) is 7.66. The van der Waals surface area contributed by atoms with E-state index in [1.807, 2.05) is 42.5 Å². The lowest BCUT2D eigenvalue weighted by Gasteiger charge is -2.21. The Morgan fingerprint density at radius 2 is 1.83 bits per heavy atom. The molecule has 0 saturated carbocycles. The Balaban J connectivity index is 2.00. The molecule has 0 bridgehead atoms. The highest BCUT2D eigenvalue weighted by Gasteiger charge is 2.21. The average molecular weight is 303 g/mol. The first kappa shape index (κ1) is 13.8. The van der Waals surface area contributed by atoms with Crippen LogP contribution < -0.4 is 10.3 Å². The number of nitrogens with zero attached hydrogens (tertiary/aromatic N) is 1. The Bertz CT molecular complexity index is 998. The Morgan fingerprint density at radius 1 is 1.09 bits per heavy atom. The van der Waals surface area contributed by atoms with Gasteiger partial charge in [-0.2, -0.15) is 0 Å². The number of pyridine rings is 1. The third-order valence-corrected chi connectivity index (χ3v) is 4.52. The van der Waals surface area contributed by atoms with Gasteiger partial charge in [0.1, 0.15) is 6.61 Å². The third-order valence-electron chi connectivity index (χ3n) is 4.52. The van der Waals surface area contributed by atoms with Gasteiger partial charge in [-0.1, -0.05) is 49.0 Å². The predicted octanol–water partition coefficient (Wildman–Crippen LogP) is 3.69. The van der Waals surface area contributed by atoms with Crippen molar-refractivity contribution < 1.29 is 4.74 Å². The van der Waals surface area contributed by atoms with Crippen LogP contribution in [0.1, 0.15) is 16.7 Å². The van der Waals surface area contributed by atoms with Crippen LogP contribution in [0.3, 0.4) is 0 Å². The van der Waals surface area contributed by atoms with Gasteiger partial charge in [0, 0.05) is 24.4 Å². The summed E-state index contributed by atoms with van der Waals surface area (Å²) in [5.74, 6) is 0.446. The molecule has 3 nitrogen and oxygen atoms in total. The SMILES string of the molecule is C=C1Cc2c(c(=O)n(C)c3ccccc23)OCc2ccccc21. The van der Waals surface area contributed by atoms with Gasteiger partial charge in [0.05, 0.1) is 5.52 Å². The molecule has 3 aromatic rings. The van der Waals surface area contributed by atoms with Gasteiger partial charge in [0.25, 0.3) is 5.56 Å². The first-order chi connectivity index (χ1) is 11.2. The quantitative estimate of drug-likeness (QED) is 0.634. The highest BCUT2D eigenvalue weighted by atomic mass is 16.5. The number of fused-ring (bicyclic) bond motifs is 4.